The smallest absolute Gasteiger partial charge is 0.311 e. The molecule has 0 heterocycles. The monoisotopic (exact) mass is 233 g/mol. The van der Waals surface area contributed by atoms with Gasteiger partial charge in [-0.05, 0) is 20.8 Å². The fourth-order valence-electron chi connectivity index (χ4n) is 2.40. The molecule has 0 aromatic carbocycles. The summed E-state index contributed by atoms with van der Waals surface area (Å²) >= 11 is 0. The standard InChI is InChI=1S/C11H17F2NO2/c1-10(2,3)9(15)16-6-4-5(14)7-8(6)11(7,12)13/h5-8H,4,14H2,1-3H3/t5-,6+,7+,8-/m0/s1. The van der Waals surface area contributed by atoms with Crippen molar-refractivity contribution in [3.63, 3.8) is 0 Å². The number of carbonyl (C=O) groups is 1. The van der Waals surface area contributed by atoms with E-state index in [1.165, 1.54) is 0 Å². The number of rotatable bonds is 1. The van der Waals surface area contributed by atoms with Gasteiger partial charge in [0.25, 0.3) is 5.92 Å². The molecule has 3 nitrogen and oxygen atoms in total. The van der Waals surface area contributed by atoms with Gasteiger partial charge >= 0.3 is 5.97 Å². The van der Waals surface area contributed by atoms with Crippen molar-refractivity contribution in [3.8, 4) is 0 Å². The number of ether oxygens (including phenoxy) is 1. The number of hydrogen-bond donors (Lipinski definition) is 1. The average Bonchev–Trinajstić information content (AvgIpc) is 2.45. The van der Waals surface area contributed by atoms with Gasteiger partial charge in [0, 0.05) is 12.5 Å². The first-order chi connectivity index (χ1) is 7.15. The van der Waals surface area contributed by atoms with Crippen molar-refractivity contribution in [1.82, 2.24) is 0 Å². The number of esters is 1. The largest absolute Gasteiger partial charge is 0.461 e. The molecule has 0 amide bonds. The minimum Gasteiger partial charge on any atom is -0.461 e. The Morgan fingerprint density at radius 1 is 1.38 bits per heavy atom. The highest BCUT2D eigenvalue weighted by molar-refractivity contribution is 5.75. The molecule has 0 radical (unpaired) electrons. The summed E-state index contributed by atoms with van der Waals surface area (Å²) in [6.45, 7) is 5.10. The number of halogens is 2. The first kappa shape index (κ1) is 11.8. The molecule has 92 valence electrons. The molecule has 2 aliphatic carbocycles. The Morgan fingerprint density at radius 2 is 1.94 bits per heavy atom. The summed E-state index contributed by atoms with van der Waals surface area (Å²) in [6.07, 6.45) is -0.353. The highest BCUT2D eigenvalue weighted by atomic mass is 19.3. The molecule has 0 spiro atoms. The first-order valence-electron chi connectivity index (χ1n) is 5.50. The van der Waals surface area contributed by atoms with Gasteiger partial charge in [-0.25, -0.2) is 8.78 Å². The van der Waals surface area contributed by atoms with Gasteiger partial charge in [0.05, 0.1) is 17.3 Å². The topological polar surface area (TPSA) is 52.3 Å². The summed E-state index contributed by atoms with van der Waals surface area (Å²) in [5.74, 6) is -4.81. The summed E-state index contributed by atoms with van der Waals surface area (Å²) in [5.41, 5.74) is 4.94. The van der Waals surface area contributed by atoms with Crippen molar-refractivity contribution in [3.05, 3.63) is 0 Å². The SMILES string of the molecule is CC(C)(C)C(=O)O[C@@H]1C[C@H](N)[C@@H]2[C@H]1C2(F)F. The predicted octanol–water partition coefficient (Wildman–Crippen LogP) is 1.56. The van der Waals surface area contributed by atoms with E-state index in [1.807, 2.05) is 0 Å². The van der Waals surface area contributed by atoms with Crippen molar-refractivity contribution in [2.24, 2.45) is 23.0 Å². The van der Waals surface area contributed by atoms with E-state index >= 15 is 0 Å². The lowest BCUT2D eigenvalue weighted by molar-refractivity contribution is -0.161. The first-order valence-corrected chi connectivity index (χ1v) is 5.50. The van der Waals surface area contributed by atoms with Crippen LogP contribution in [-0.2, 0) is 9.53 Å². The maximum absolute atomic E-state index is 13.2. The van der Waals surface area contributed by atoms with Crippen LogP contribution in [-0.4, -0.2) is 24.0 Å². The van der Waals surface area contributed by atoms with E-state index in [0.717, 1.165) is 0 Å². The molecule has 2 rings (SSSR count). The molecule has 0 aromatic heterocycles. The third-order valence-electron chi connectivity index (χ3n) is 3.40. The minimum atomic E-state index is -2.74. The van der Waals surface area contributed by atoms with Crippen LogP contribution < -0.4 is 5.73 Å². The van der Waals surface area contributed by atoms with Crippen LogP contribution in [0.2, 0.25) is 0 Å². The zero-order chi connectivity index (χ0) is 12.3. The van der Waals surface area contributed by atoms with Crippen molar-refractivity contribution in [2.45, 2.75) is 45.3 Å². The van der Waals surface area contributed by atoms with Gasteiger partial charge in [0.15, 0.2) is 0 Å². The number of fused-ring (bicyclic) bond motifs is 1. The van der Waals surface area contributed by atoms with Gasteiger partial charge in [0.2, 0.25) is 0 Å². The number of hydrogen-bond acceptors (Lipinski definition) is 3. The Hall–Kier alpha value is -0.710. The Balaban J connectivity index is 2.01. The van der Waals surface area contributed by atoms with E-state index in [2.05, 4.69) is 0 Å². The van der Waals surface area contributed by atoms with Gasteiger partial charge in [-0.15, -0.1) is 0 Å². The van der Waals surface area contributed by atoms with Gasteiger partial charge in [-0.2, -0.15) is 0 Å². The number of alkyl halides is 2. The lowest BCUT2D eigenvalue weighted by atomic mass is 9.97. The molecule has 0 unspecified atom stereocenters. The van der Waals surface area contributed by atoms with Gasteiger partial charge in [0.1, 0.15) is 6.10 Å². The van der Waals surface area contributed by atoms with Crippen molar-refractivity contribution in [1.29, 1.82) is 0 Å². The molecular weight excluding hydrogens is 216 g/mol. The van der Waals surface area contributed by atoms with Gasteiger partial charge in [-0.1, -0.05) is 0 Å². The molecule has 0 bridgehead atoms. The van der Waals surface area contributed by atoms with Crippen LogP contribution in [0, 0.1) is 17.3 Å². The van der Waals surface area contributed by atoms with E-state index in [9.17, 15) is 13.6 Å². The Bertz CT molecular complexity index is 324. The summed E-state index contributed by atoms with van der Waals surface area (Å²) in [4.78, 5) is 11.6. The third kappa shape index (κ3) is 1.61. The molecule has 2 aliphatic rings. The molecule has 2 fully saturated rings. The molecule has 5 heteroatoms. The Morgan fingerprint density at radius 3 is 2.31 bits per heavy atom. The van der Waals surface area contributed by atoms with Crippen LogP contribution in [0.5, 0.6) is 0 Å². The lowest BCUT2D eigenvalue weighted by Crippen LogP contribution is -2.33. The summed E-state index contributed by atoms with van der Waals surface area (Å²) in [5, 5.41) is 0. The molecule has 2 N–H and O–H groups in total. The van der Waals surface area contributed by atoms with Crippen LogP contribution in [0.4, 0.5) is 8.78 Å². The normalized spacial score (nSPS) is 40.4. The number of carbonyl (C=O) groups excluding carboxylic acids is 1. The van der Waals surface area contributed by atoms with E-state index in [1.54, 1.807) is 20.8 Å². The second-order valence-electron chi connectivity index (χ2n) is 5.82. The van der Waals surface area contributed by atoms with Crippen molar-refractivity contribution >= 4 is 5.97 Å². The second-order valence-corrected chi connectivity index (χ2v) is 5.82. The zero-order valence-electron chi connectivity index (χ0n) is 9.67. The maximum atomic E-state index is 13.2. The zero-order valence-corrected chi connectivity index (χ0v) is 9.67. The van der Waals surface area contributed by atoms with Gasteiger partial charge < -0.3 is 10.5 Å². The quantitative estimate of drug-likeness (QED) is 0.699. The molecule has 0 aromatic rings. The van der Waals surface area contributed by atoms with Crippen LogP contribution in [0.1, 0.15) is 27.2 Å². The van der Waals surface area contributed by atoms with E-state index < -0.39 is 41.3 Å². The van der Waals surface area contributed by atoms with Crippen molar-refractivity contribution < 1.29 is 18.3 Å². The molecule has 16 heavy (non-hydrogen) atoms. The van der Waals surface area contributed by atoms with Crippen LogP contribution in [0.3, 0.4) is 0 Å². The Labute approximate surface area is 93.3 Å². The third-order valence-corrected chi connectivity index (χ3v) is 3.40. The second kappa shape index (κ2) is 3.15. The molecular formula is C11H17F2NO2. The average molecular weight is 233 g/mol. The highest BCUT2D eigenvalue weighted by Crippen LogP contribution is 2.64. The lowest BCUT2D eigenvalue weighted by Gasteiger charge is -2.23. The maximum Gasteiger partial charge on any atom is 0.311 e. The van der Waals surface area contributed by atoms with E-state index in [0.29, 0.717) is 6.42 Å². The van der Waals surface area contributed by atoms with Crippen LogP contribution in [0.15, 0.2) is 0 Å². The van der Waals surface area contributed by atoms with Crippen LogP contribution in [0.25, 0.3) is 0 Å². The fraction of sp³-hybridized carbons (Fsp3) is 0.909. The Kier molecular flexibility index (Phi) is 2.32. The van der Waals surface area contributed by atoms with Crippen LogP contribution >= 0.6 is 0 Å². The molecule has 0 aliphatic heterocycles. The molecule has 0 saturated heterocycles. The molecule has 4 atom stereocenters. The summed E-state index contributed by atoms with van der Waals surface area (Å²) < 4.78 is 31.6. The van der Waals surface area contributed by atoms with E-state index in [-0.39, 0.29) is 0 Å². The van der Waals surface area contributed by atoms with Gasteiger partial charge in [-0.3, -0.25) is 4.79 Å². The van der Waals surface area contributed by atoms with E-state index in [4.69, 9.17) is 10.5 Å². The predicted molar refractivity (Wildman–Crippen MR) is 53.9 cm³/mol. The minimum absolute atomic E-state index is 0.354. The fourth-order valence-corrected chi connectivity index (χ4v) is 2.40. The molecule has 2 saturated carbocycles. The van der Waals surface area contributed by atoms with Crippen molar-refractivity contribution in [2.75, 3.05) is 0 Å². The number of nitrogens with two attached hydrogens (primary N) is 1. The highest BCUT2D eigenvalue weighted by Gasteiger charge is 2.77. The summed E-state index contributed by atoms with van der Waals surface area (Å²) in [7, 11) is 0. The summed E-state index contributed by atoms with van der Waals surface area (Å²) in [6, 6.07) is -0.544.